The van der Waals surface area contributed by atoms with Gasteiger partial charge >= 0.3 is 6.18 Å². The lowest BCUT2D eigenvalue weighted by molar-refractivity contribution is -0.134. The van der Waals surface area contributed by atoms with Gasteiger partial charge in [-0.3, -0.25) is 4.90 Å². The molecule has 258 valence electrons. The molecule has 0 bridgehead atoms. The number of fused-ring (bicyclic) bond motifs is 2. The fourth-order valence-corrected chi connectivity index (χ4v) is 9.34. The molecular weight excluding hydrogens is 641 g/mol. The van der Waals surface area contributed by atoms with E-state index in [9.17, 15) is 27.6 Å². The fraction of sp³-hybridized carbons (Fsp3) is 0.647. The van der Waals surface area contributed by atoms with Crippen molar-refractivity contribution in [1.29, 1.82) is 5.26 Å². The second kappa shape index (κ2) is 14.8. The molecule has 3 unspecified atom stereocenters. The predicted molar refractivity (Wildman–Crippen MR) is 182 cm³/mol. The number of thioether (sulfide) groups is 1. The zero-order valence-electron chi connectivity index (χ0n) is 27.7. The standard InChI is InChI=1S/C34H44BF4N7OS/c1-21-23(3-4-29-27(21)15-25(19-40)46(29)14-7-22-5-10-35(11-6-22)30(47)18-36)20-45-12-8-24(9-13-45)42-31-28-16-26(17-34(37,38)39)48-32(28)44-33(41-2)43-31/h3-4,15,21-22,24,26-27H,5-14,16-18,20H2,1-2H3,(H2,41,42,43,44). The molecule has 4 aliphatic heterocycles. The molecule has 2 saturated heterocycles. The largest absolute Gasteiger partial charge is 0.390 e. The maximum Gasteiger partial charge on any atom is 0.390 e. The molecule has 0 saturated carbocycles. The first kappa shape index (κ1) is 34.8. The lowest BCUT2D eigenvalue weighted by Gasteiger charge is -2.37. The summed E-state index contributed by atoms with van der Waals surface area (Å²) in [4.78, 5) is 25.4. The molecule has 0 amide bonds. The minimum Gasteiger partial charge on any atom is -0.367 e. The van der Waals surface area contributed by atoms with E-state index in [4.69, 9.17) is 0 Å². The summed E-state index contributed by atoms with van der Waals surface area (Å²) in [6, 6.07) is 2.59. The lowest BCUT2D eigenvalue weighted by atomic mass is 9.38. The van der Waals surface area contributed by atoms with Crippen LogP contribution in [0.15, 0.2) is 40.2 Å². The van der Waals surface area contributed by atoms with Crippen molar-refractivity contribution in [1.82, 2.24) is 19.8 Å². The monoisotopic (exact) mass is 685 g/mol. The number of alkyl halides is 4. The van der Waals surface area contributed by atoms with E-state index in [2.05, 4.69) is 61.6 Å². The van der Waals surface area contributed by atoms with Crippen LogP contribution in [-0.4, -0.2) is 89.5 Å². The second-order valence-electron chi connectivity index (χ2n) is 14.0. The summed E-state index contributed by atoms with van der Waals surface area (Å²) in [5, 5.41) is 16.5. The van der Waals surface area contributed by atoms with Gasteiger partial charge in [0.25, 0.3) is 0 Å². The number of hydrogen-bond donors (Lipinski definition) is 2. The Hall–Kier alpha value is -3.05. The smallest absolute Gasteiger partial charge is 0.367 e. The van der Waals surface area contributed by atoms with Gasteiger partial charge in [0.15, 0.2) is 0 Å². The number of allylic oxidation sites excluding steroid dienone is 4. The number of nitrogens with zero attached hydrogens (tertiary/aromatic N) is 5. The SMILES string of the molecule is CNc1nc(NC2CCN(CC3=CC=C4C(C=C(C#N)N4CCC4CCB(C(=O)CF)CC4)C3C)CC2)c2c(n1)SC(CC(F)(F)F)C2. The van der Waals surface area contributed by atoms with Gasteiger partial charge in [-0.1, -0.05) is 44.1 Å². The third kappa shape index (κ3) is 7.88. The molecule has 1 aromatic heterocycles. The number of halogens is 4. The summed E-state index contributed by atoms with van der Waals surface area (Å²) in [5.41, 5.74) is 3.77. The molecule has 3 atom stereocenters. The van der Waals surface area contributed by atoms with Crippen molar-refractivity contribution in [2.45, 2.75) is 87.0 Å². The number of nitrogens with one attached hydrogen (secondary N) is 2. The molecule has 2 N–H and O–H groups in total. The Labute approximate surface area is 285 Å². The zero-order chi connectivity index (χ0) is 34.0. The molecule has 8 nitrogen and oxygen atoms in total. The number of nitriles is 1. The van der Waals surface area contributed by atoms with Crippen molar-refractivity contribution in [3.63, 3.8) is 0 Å². The summed E-state index contributed by atoms with van der Waals surface area (Å²) in [6.45, 7) is 4.67. The lowest BCUT2D eigenvalue weighted by Crippen LogP contribution is -2.41. The highest BCUT2D eigenvalue weighted by molar-refractivity contribution is 8.00. The Morgan fingerprint density at radius 1 is 1.17 bits per heavy atom. The Balaban J connectivity index is 1.02. The Morgan fingerprint density at radius 2 is 1.92 bits per heavy atom. The van der Waals surface area contributed by atoms with Crippen LogP contribution in [0.3, 0.4) is 0 Å². The van der Waals surface area contributed by atoms with E-state index in [-0.39, 0.29) is 30.3 Å². The van der Waals surface area contributed by atoms with Crippen LogP contribution in [0.5, 0.6) is 0 Å². The van der Waals surface area contributed by atoms with Crippen LogP contribution >= 0.6 is 11.8 Å². The molecule has 48 heavy (non-hydrogen) atoms. The molecule has 5 aliphatic rings. The summed E-state index contributed by atoms with van der Waals surface area (Å²) < 4.78 is 52.1. The average Bonchev–Trinajstić information content (AvgIpc) is 3.65. The number of hydrogen-bond acceptors (Lipinski definition) is 9. The number of carbonyl (C=O) groups excluding carboxylic acids is 1. The summed E-state index contributed by atoms with van der Waals surface area (Å²) in [6.07, 6.45) is 7.93. The van der Waals surface area contributed by atoms with E-state index in [1.165, 1.54) is 23.0 Å². The van der Waals surface area contributed by atoms with E-state index in [0.29, 0.717) is 34.8 Å². The molecule has 5 heterocycles. The molecular formula is C34H44BF4N7OS. The molecule has 6 rings (SSSR count). The van der Waals surface area contributed by atoms with E-state index >= 15 is 0 Å². The highest BCUT2D eigenvalue weighted by Crippen LogP contribution is 2.45. The van der Waals surface area contributed by atoms with Crippen molar-refractivity contribution in [3.8, 4) is 6.07 Å². The maximum absolute atomic E-state index is 13.1. The van der Waals surface area contributed by atoms with Crippen molar-refractivity contribution < 1.29 is 22.4 Å². The number of aromatic nitrogens is 2. The van der Waals surface area contributed by atoms with Crippen LogP contribution in [0, 0.1) is 29.1 Å². The Bertz CT molecular complexity index is 1500. The third-order valence-corrected chi connectivity index (χ3v) is 12.1. The van der Waals surface area contributed by atoms with Gasteiger partial charge in [-0.05, 0) is 49.7 Å². The molecule has 14 heteroatoms. The van der Waals surface area contributed by atoms with Crippen LogP contribution in [-0.2, 0) is 11.2 Å². The van der Waals surface area contributed by atoms with E-state index in [1.54, 1.807) is 7.05 Å². The second-order valence-corrected chi connectivity index (χ2v) is 15.2. The van der Waals surface area contributed by atoms with E-state index in [1.807, 2.05) is 0 Å². The first-order valence-corrected chi connectivity index (χ1v) is 18.1. The van der Waals surface area contributed by atoms with Crippen LogP contribution in [0.2, 0.25) is 12.6 Å². The van der Waals surface area contributed by atoms with Crippen molar-refractivity contribution >= 4 is 35.9 Å². The van der Waals surface area contributed by atoms with Gasteiger partial charge in [0.2, 0.25) is 12.7 Å². The van der Waals surface area contributed by atoms with E-state index in [0.717, 1.165) is 76.5 Å². The number of rotatable bonds is 11. The summed E-state index contributed by atoms with van der Waals surface area (Å²) in [5.74, 6) is 1.97. The highest BCUT2D eigenvalue weighted by atomic mass is 32.2. The molecule has 1 aromatic rings. The maximum atomic E-state index is 13.1. The van der Waals surface area contributed by atoms with Crippen molar-refractivity contribution in [2.24, 2.45) is 17.8 Å². The predicted octanol–water partition coefficient (Wildman–Crippen LogP) is 6.54. The normalized spacial score (nSPS) is 25.2. The van der Waals surface area contributed by atoms with Gasteiger partial charge in [0.1, 0.15) is 35.0 Å². The molecule has 1 aliphatic carbocycles. The summed E-state index contributed by atoms with van der Waals surface area (Å²) >= 11 is 1.19. The van der Waals surface area contributed by atoms with Gasteiger partial charge in [-0.15, -0.1) is 11.8 Å². The van der Waals surface area contributed by atoms with E-state index < -0.39 is 24.5 Å². The zero-order valence-corrected chi connectivity index (χ0v) is 28.5. The molecule has 0 spiro atoms. The third-order valence-electron chi connectivity index (χ3n) is 10.9. The molecule has 0 radical (unpaired) electrons. The van der Waals surface area contributed by atoms with Gasteiger partial charge in [-0.2, -0.15) is 23.4 Å². The van der Waals surface area contributed by atoms with Gasteiger partial charge in [0, 0.05) is 61.7 Å². The van der Waals surface area contributed by atoms with Gasteiger partial charge in [-0.25, -0.2) is 9.37 Å². The first-order chi connectivity index (χ1) is 23.0. The number of carbonyl (C=O) groups is 1. The molecule has 0 aromatic carbocycles. The van der Waals surface area contributed by atoms with Gasteiger partial charge in [0.05, 0.1) is 6.42 Å². The minimum atomic E-state index is -4.21. The van der Waals surface area contributed by atoms with Crippen molar-refractivity contribution in [2.75, 3.05) is 50.5 Å². The van der Waals surface area contributed by atoms with Crippen LogP contribution < -0.4 is 10.6 Å². The molecule has 2 fully saturated rings. The quantitative estimate of drug-likeness (QED) is 0.153. The van der Waals surface area contributed by atoms with Crippen LogP contribution in [0.1, 0.15) is 51.0 Å². The van der Waals surface area contributed by atoms with Gasteiger partial charge < -0.3 is 20.3 Å². The fourth-order valence-electron chi connectivity index (χ4n) is 8.04. The Kier molecular flexibility index (Phi) is 10.8. The highest BCUT2D eigenvalue weighted by Gasteiger charge is 2.39. The first-order valence-electron chi connectivity index (χ1n) is 17.2. The number of likely N-dealkylation sites (tertiary alicyclic amines) is 1. The van der Waals surface area contributed by atoms with Crippen LogP contribution in [0.25, 0.3) is 0 Å². The number of piperidine rings is 1. The average molecular weight is 686 g/mol. The summed E-state index contributed by atoms with van der Waals surface area (Å²) in [7, 11) is 1.71. The Morgan fingerprint density at radius 3 is 2.58 bits per heavy atom. The number of anilines is 2. The van der Waals surface area contributed by atoms with Crippen LogP contribution in [0.4, 0.5) is 29.3 Å². The van der Waals surface area contributed by atoms with Crippen molar-refractivity contribution in [3.05, 3.63) is 40.8 Å². The topological polar surface area (TPSA) is 97.2 Å². The minimum absolute atomic E-state index is 0.128.